The van der Waals surface area contributed by atoms with Crippen molar-refractivity contribution in [3.8, 4) is 0 Å². The first kappa shape index (κ1) is 15.6. The van der Waals surface area contributed by atoms with Crippen LogP contribution < -0.4 is 0 Å². The average Bonchev–Trinajstić information content (AvgIpc) is 2.14. The van der Waals surface area contributed by atoms with Gasteiger partial charge in [0.25, 0.3) is 0 Å². The molecule has 0 saturated carbocycles. The van der Waals surface area contributed by atoms with Gasteiger partial charge >= 0.3 is 11.9 Å². The summed E-state index contributed by atoms with van der Waals surface area (Å²) < 4.78 is 0. The van der Waals surface area contributed by atoms with E-state index in [0.29, 0.717) is 0 Å². The summed E-state index contributed by atoms with van der Waals surface area (Å²) in [5.41, 5.74) is 0. The van der Waals surface area contributed by atoms with Crippen molar-refractivity contribution >= 4 is 17.7 Å². The van der Waals surface area contributed by atoms with Crippen molar-refractivity contribution in [3.05, 3.63) is 0 Å². The molecule has 98 valence electrons. The van der Waals surface area contributed by atoms with Gasteiger partial charge in [-0.3, -0.25) is 14.4 Å². The van der Waals surface area contributed by atoms with Crippen molar-refractivity contribution in [1.82, 2.24) is 0 Å². The van der Waals surface area contributed by atoms with E-state index in [-0.39, 0.29) is 18.1 Å². The van der Waals surface area contributed by atoms with Gasteiger partial charge in [-0.2, -0.15) is 0 Å². The number of carboxylic acid groups (broad SMARTS) is 2. The number of ketones is 1. The Kier molecular flexibility index (Phi) is 5.85. The minimum atomic E-state index is -1.10. The Hall–Kier alpha value is -1.39. The van der Waals surface area contributed by atoms with Crippen LogP contribution >= 0.6 is 0 Å². The van der Waals surface area contributed by atoms with Gasteiger partial charge in [0.05, 0.1) is 5.92 Å². The largest absolute Gasteiger partial charge is 0.481 e. The molecule has 3 unspecified atom stereocenters. The van der Waals surface area contributed by atoms with Gasteiger partial charge < -0.3 is 10.2 Å². The Morgan fingerprint density at radius 3 is 1.76 bits per heavy atom. The van der Waals surface area contributed by atoms with E-state index >= 15 is 0 Å². The van der Waals surface area contributed by atoms with Crippen molar-refractivity contribution in [2.24, 2.45) is 23.7 Å². The highest BCUT2D eigenvalue weighted by Gasteiger charge is 2.37. The number of Topliss-reactive ketones (excluding diaryl/α,β-unsaturated/α-hetero) is 1. The molecule has 5 nitrogen and oxygen atoms in total. The fourth-order valence-corrected chi connectivity index (χ4v) is 2.00. The molecular weight excluding hydrogens is 224 g/mol. The highest BCUT2D eigenvalue weighted by Crippen LogP contribution is 2.31. The molecule has 0 aliphatic heterocycles. The fourth-order valence-electron chi connectivity index (χ4n) is 2.00. The molecule has 0 aromatic rings. The summed E-state index contributed by atoms with van der Waals surface area (Å²) in [7, 11) is 0. The number of rotatable bonds is 7. The highest BCUT2D eigenvalue weighted by molar-refractivity contribution is 5.84. The molecule has 0 bridgehead atoms. The zero-order chi connectivity index (χ0) is 13.7. The summed E-state index contributed by atoms with van der Waals surface area (Å²) in [6.07, 6.45) is -0.230. The molecule has 3 atom stereocenters. The molecule has 0 radical (unpaired) electrons. The minimum Gasteiger partial charge on any atom is -0.481 e. The predicted molar refractivity (Wildman–Crippen MR) is 61.6 cm³/mol. The standard InChI is InChI=1S/C12H20O5/c1-6(2)9(5-10(14)15)11(12(16)17)7(3)8(4)13/h6-7,9,11H,5H2,1-4H3,(H,14,15)(H,16,17). The molecule has 5 heteroatoms. The summed E-state index contributed by atoms with van der Waals surface area (Å²) in [5, 5.41) is 18.0. The lowest BCUT2D eigenvalue weighted by molar-refractivity contribution is -0.151. The van der Waals surface area contributed by atoms with Crippen LogP contribution in [0.2, 0.25) is 0 Å². The van der Waals surface area contributed by atoms with Crippen molar-refractivity contribution in [2.75, 3.05) is 0 Å². The Morgan fingerprint density at radius 1 is 1.06 bits per heavy atom. The monoisotopic (exact) mass is 244 g/mol. The molecule has 0 fully saturated rings. The first-order valence-corrected chi connectivity index (χ1v) is 5.63. The van der Waals surface area contributed by atoms with Gasteiger partial charge in [-0.25, -0.2) is 0 Å². The highest BCUT2D eigenvalue weighted by atomic mass is 16.4. The van der Waals surface area contributed by atoms with Crippen molar-refractivity contribution < 1.29 is 24.6 Å². The van der Waals surface area contributed by atoms with Crippen LogP contribution in [-0.2, 0) is 14.4 Å². The normalized spacial score (nSPS) is 16.3. The number of carbonyl (C=O) groups is 3. The van der Waals surface area contributed by atoms with E-state index < -0.39 is 29.7 Å². The Bertz CT molecular complexity index is 308. The summed E-state index contributed by atoms with van der Waals surface area (Å²) in [4.78, 5) is 33.3. The van der Waals surface area contributed by atoms with Gasteiger partial charge in [0, 0.05) is 12.3 Å². The maximum absolute atomic E-state index is 11.3. The Morgan fingerprint density at radius 2 is 1.53 bits per heavy atom. The minimum absolute atomic E-state index is 0.103. The number of carboxylic acids is 2. The van der Waals surface area contributed by atoms with Crippen molar-refractivity contribution in [3.63, 3.8) is 0 Å². The number of aliphatic carboxylic acids is 2. The first-order chi connectivity index (χ1) is 7.68. The van der Waals surface area contributed by atoms with Gasteiger partial charge in [0.15, 0.2) is 0 Å². The third-order valence-corrected chi connectivity index (χ3v) is 3.19. The van der Waals surface area contributed by atoms with Gasteiger partial charge in [0.2, 0.25) is 0 Å². The van der Waals surface area contributed by atoms with Gasteiger partial charge in [0.1, 0.15) is 5.78 Å². The topological polar surface area (TPSA) is 91.7 Å². The zero-order valence-electron chi connectivity index (χ0n) is 10.6. The quantitative estimate of drug-likeness (QED) is 0.710. The second-order valence-electron chi connectivity index (χ2n) is 4.77. The van der Waals surface area contributed by atoms with Crippen LogP contribution in [0.1, 0.15) is 34.1 Å². The van der Waals surface area contributed by atoms with Crippen LogP contribution in [0, 0.1) is 23.7 Å². The lowest BCUT2D eigenvalue weighted by Crippen LogP contribution is -2.36. The van der Waals surface area contributed by atoms with E-state index in [0.717, 1.165) is 0 Å². The number of hydrogen-bond donors (Lipinski definition) is 2. The van der Waals surface area contributed by atoms with E-state index in [4.69, 9.17) is 5.11 Å². The molecule has 0 amide bonds. The second kappa shape index (κ2) is 6.37. The Balaban J connectivity index is 5.16. The molecule has 0 aliphatic carbocycles. The molecule has 0 heterocycles. The summed E-state index contributed by atoms with van der Waals surface area (Å²) in [6.45, 7) is 6.42. The third-order valence-electron chi connectivity index (χ3n) is 3.19. The van der Waals surface area contributed by atoms with E-state index in [9.17, 15) is 19.5 Å². The zero-order valence-corrected chi connectivity index (χ0v) is 10.6. The van der Waals surface area contributed by atoms with Crippen LogP contribution in [-0.4, -0.2) is 27.9 Å². The lowest BCUT2D eigenvalue weighted by atomic mass is 9.74. The second-order valence-corrected chi connectivity index (χ2v) is 4.77. The van der Waals surface area contributed by atoms with Crippen LogP contribution in [0.5, 0.6) is 0 Å². The summed E-state index contributed by atoms with van der Waals surface area (Å²) in [5.74, 6) is -4.62. The molecule has 0 aliphatic rings. The van der Waals surface area contributed by atoms with Crippen LogP contribution in [0.25, 0.3) is 0 Å². The molecule has 0 saturated heterocycles. The molecule has 17 heavy (non-hydrogen) atoms. The van der Waals surface area contributed by atoms with E-state index in [1.165, 1.54) is 6.92 Å². The third kappa shape index (κ3) is 4.54. The van der Waals surface area contributed by atoms with Gasteiger partial charge in [-0.1, -0.05) is 20.8 Å². The summed E-state index contributed by atoms with van der Waals surface area (Å²) >= 11 is 0. The molecule has 0 spiro atoms. The average molecular weight is 244 g/mol. The van der Waals surface area contributed by atoms with Gasteiger partial charge in [-0.15, -0.1) is 0 Å². The van der Waals surface area contributed by atoms with Crippen molar-refractivity contribution in [1.29, 1.82) is 0 Å². The molecular formula is C12H20O5. The van der Waals surface area contributed by atoms with E-state index in [1.807, 2.05) is 0 Å². The lowest BCUT2D eigenvalue weighted by Gasteiger charge is -2.29. The number of carbonyl (C=O) groups excluding carboxylic acids is 1. The molecule has 2 N–H and O–H groups in total. The molecule has 0 aromatic carbocycles. The SMILES string of the molecule is CC(=O)C(C)C(C(=O)O)C(CC(=O)O)C(C)C. The summed E-state index contributed by atoms with van der Waals surface area (Å²) in [6, 6.07) is 0. The van der Waals surface area contributed by atoms with Crippen LogP contribution in [0.4, 0.5) is 0 Å². The maximum atomic E-state index is 11.3. The fraction of sp³-hybridized carbons (Fsp3) is 0.750. The van der Waals surface area contributed by atoms with Gasteiger partial charge in [-0.05, 0) is 18.8 Å². The number of hydrogen-bond acceptors (Lipinski definition) is 3. The van der Waals surface area contributed by atoms with Crippen molar-refractivity contribution in [2.45, 2.75) is 34.1 Å². The Labute approximate surface area is 101 Å². The maximum Gasteiger partial charge on any atom is 0.307 e. The first-order valence-electron chi connectivity index (χ1n) is 5.63. The predicted octanol–water partition coefficient (Wildman–Crippen LogP) is 1.66. The van der Waals surface area contributed by atoms with Crippen LogP contribution in [0.15, 0.2) is 0 Å². The molecule has 0 rings (SSSR count). The van der Waals surface area contributed by atoms with E-state index in [2.05, 4.69) is 0 Å². The smallest absolute Gasteiger partial charge is 0.307 e. The van der Waals surface area contributed by atoms with Crippen LogP contribution in [0.3, 0.4) is 0 Å². The molecule has 0 aromatic heterocycles. The van der Waals surface area contributed by atoms with E-state index in [1.54, 1.807) is 20.8 Å².